The third kappa shape index (κ3) is 1.23. The number of carboxylic acid groups (broad SMARTS) is 1. The van der Waals surface area contributed by atoms with Crippen molar-refractivity contribution in [3.63, 3.8) is 0 Å². The van der Waals surface area contributed by atoms with Crippen LogP contribution in [-0.2, 0) is 14.1 Å². The maximum absolute atomic E-state index is 11.2. The first-order valence-corrected chi connectivity index (χ1v) is 5.78. The molecule has 0 bridgehead atoms. The molecular formula is C14H14N2O2. The zero-order chi connectivity index (χ0) is 13.0. The van der Waals surface area contributed by atoms with Crippen LogP contribution in [-0.4, -0.2) is 20.2 Å². The highest BCUT2D eigenvalue weighted by atomic mass is 16.4. The summed E-state index contributed by atoms with van der Waals surface area (Å²) in [5.41, 5.74) is 4.58. The fourth-order valence-corrected chi connectivity index (χ4v) is 2.62. The molecule has 92 valence electrons. The third-order valence-corrected chi connectivity index (χ3v) is 3.56. The van der Waals surface area contributed by atoms with Gasteiger partial charge in [-0.05, 0) is 24.6 Å². The van der Waals surface area contributed by atoms with E-state index in [0.717, 1.165) is 21.9 Å². The molecule has 1 aromatic carbocycles. The van der Waals surface area contributed by atoms with Crippen LogP contribution in [0, 0.1) is 6.92 Å². The van der Waals surface area contributed by atoms with Crippen LogP contribution in [0.25, 0.3) is 21.9 Å². The van der Waals surface area contributed by atoms with Gasteiger partial charge in [-0.3, -0.25) is 0 Å². The van der Waals surface area contributed by atoms with Crippen LogP contribution in [0.15, 0.2) is 24.3 Å². The van der Waals surface area contributed by atoms with Gasteiger partial charge in [0.2, 0.25) is 0 Å². The molecule has 4 heteroatoms. The highest BCUT2D eigenvalue weighted by Crippen LogP contribution is 2.30. The number of aryl methyl sites for hydroxylation is 3. The molecule has 2 heterocycles. The molecule has 18 heavy (non-hydrogen) atoms. The van der Waals surface area contributed by atoms with Crippen molar-refractivity contribution in [2.24, 2.45) is 14.1 Å². The highest BCUT2D eigenvalue weighted by Gasteiger charge is 2.17. The maximum atomic E-state index is 11.2. The molecule has 0 saturated heterocycles. The Hall–Kier alpha value is -2.23. The van der Waals surface area contributed by atoms with Crippen molar-refractivity contribution in [2.75, 3.05) is 0 Å². The number of aromatic nitrogens is 2. The van der Waals surface area contributed by atoms with Crippen LogP contribution in [0.4, 0.5) is 0 Å². The van der Waals surface area contributed by atoms with E-state index in [1.54, 1.807) is 17.7 Å². The predicted molar refractivity (Wildman–Crippen MR) is 71.1 cm³/mol. The zero-order valence-corrected chi connectivity index (χ0v) is 10.6. The number of hydrogen-bond acceptors (Lipinski definition) is 1. The van der Waals surface area contributed by atoms with E-state index in [9.17, 15) is 4.79 Å². The second-order valence-corrected chi connectivity index (χ2v) is 4.71. The first-order valence-electron chi connectivity index (χ1n) is 5.78. The molecule has 0 saturated carbocycles. The highest BCUT2D eigenvalue weighted by molar-refractivity contribution is 6.09. The minimum atomic E-state index is -0.894. The zero-order valence-electron chi connectivity index (χ0n) is 10.6. The van der Waals surface area contributed by atoms with Gasteiger partial charge in [0.05, 0.1) is 16.6 Å². The van der Waals surface area contributed by atoms with Crippen molar-refractivity contribution in [3.05, 3.63) is 35.5 Å². The Labute approximate surface area is 104 Å². The second kappa shape index (κ2) is 3.38. The van der Waals surface area contributed by atoms with Crippen LogP contribution in [0.1, 0.15) is 16.1 Å². The minimum absolute atomic E-state index is 0.318. The smallest absolute Gasteiger partial charge is 0.352 e. The summed E-state index contributed by atoms with van der Waals surface area (Å²) in [7, 11) is 3.76. The van der Waals surface area contributed by atoms with Gasteiger partial charge in [0, 0.05) is 19.5 Å². The van der Waals surface area contributed by atoms with Gasteiger partial charge in [-0.2, -0.15) is 0 Å². The largest absolute Gasteiger partial charge is 0.477 e. The van der Waals surface area contributed by atoms with Gasteiger partial charge in [-0.1, -0.05) is 12.1 Å². The molecule has 1 N–H and O–H groups in total. The molecule has 0 spiro atoms. The Morgan fingerprint density at radius 3 is 2.50 bits per heavy atom. The van der Waals surface area contributed by atoms with Gasteiger partial charge in [0.25, 0.3) is 0 Å². The minimum Gasteiger partial charge on any atom is -0.477 e. The molecular weight excluding hydrogens is 228 g/mol. The van der Waals surface area contributed by atoms with Crippen molar-refractivity contribution in [3.8, 4) is 0 Å². The first-order chi connectivity index (χ1) is 8.50. The second-order valence-electron chi connectivity index (χ2n) is 4.71. The Bertz CT molecular complexity index is 793. The van der Waals surface area contributed by atoms with Crippen molar-refractivity contribution < 1.29 is 9.90 Å². The van der Waals surface area contributed by atoms with E-state index in [1.807, 2.05) is 11.6 Å². The average molecular weight is 242 g/mol. The summed E-state index contributed by atoms with van der Waals surface area (Å²) in [6.07, 6.45) is 0. The van der Waals surface area contributed by atoms with Crippen molar-refractivity contribution in [1.29, 1.82) is 0 Å². The third-order valence-electron chi connectivity index (χ3n) is 3.56. The molecule has 0 aliphatic rings. The average Bonchev–Trinajstić information content (AvgIpc) is 2.78. The summed E-state index contributed by atoms with van der Waals surface area (Å²) in [4.78, 5) is 11.2. The summed E-state index contributed by atoms with van der Waals surface area (Å²) >= 11 is 0. The quantitative estimate of drug-likeness (QED) is 0.713. The lowest BCUT2D eigenvalue weighted by atomic mass is 10.2. The number of rotatable bonds is 1. The van der Waals surface area contributed by atoms with Crippen molar-refractivity contribution in [1.82, 2.24) is 9.13 Å². The number of benzene rings is 1. The molecule has 4 nitrogen and oxygen atoms in total. The normalized spacial score (nSPS) is 11.5. The molecule has 0 atom stereocenters. The number of fused-ring (bicyclic) bond motifs is 3. The molecule has 2 aromatic heterocycles. The summed E-state index contributed by atoms with van der Waals surface area (Å²) in [5, 5.41) is 10.3. The van der Waals surface area contributed by atoms with Gasteiger partial charge in [0.15, 0.2) is 0 Å². The Balaban J connectivity index is 2.53. The van der Waals surface area contributed by atoms with E-state index in [1.165, 1.54) is 5.56 Å². The molecule has 0 amide bonds. The first kappa shape index (κ1) is 10.9. The summed E-state index contributed by atoms with van der Waals surface area (Å²) in [6.45, 7) is 2.06. The molecule has 3 aromatic rings. The fourth-order valence-electron chi connectivity index (χ4n) is 2.62. The molecule has 3 rings (SSSR count). The maximum Gasteiger partial charge on any atom is 0.352 e. The Morgan fingerprint density at radius 1 is 1.11 bits per heavy atom. The molecule has 0 fully saturated rings. The molecule has 0 radical (unpaired) electrons. The van der Waals surface area contributed by atoms with Crippen LogP contribution in [0.3, 0.4) is 0 Å². The van der Waals surface area contributed by atoms with Crippen LogP contribution >= 0.6 is 0 Å². The number of hydrogen-bond donors (Lipinski definition) is 1. The van der Waals surface area contributed by atoms with Crippen LogP contribution < -0.4 is 0 Å². The Kier molecular flexibility index (Phi) is 2.05. The number of carboxylic acids is 1. The van der Waals surface area contributed by atoms with E-state index >= 15 is 0 Å². The lowest BCUT2D eigenvalue weighted by Crippen LogP contribution is -2.03. The topological polar surface area (TPSA) is 47.2 Å². The molecule has 0 aliphatic heterocycles. The van der Waals surface area contributed by atoms with E-state index in [0.29, 0.717) is 5.69 Å². The van der Waals surface area contributed by atoms with Gasteiger partial charge < -0.3 is 14.2 Å². The van der Waals surface area contributed by atoms with E-state index < -0.39 is 5.97 Å². The lowest BCUT2D eigenvalue weighted by Gasteiger charge is -2.01. The SMILES string of the molecule is Cc1ccc2c3c(cc(C(=O)O)n3C)n(C)c2c1. The molecule has 0 unspecified atom stereocenters. The van der Waals surface area contributed by atoms with Gasteiger partial charge in [-0.15, -0.1) is 0 Å². The number of carbonyl (C=O) groups is 1. The van der Waals surface area contributed by atoms with Gasteiger partial charge in [0.1, 0.15) is 5.69 Å². The standard InChI is InChI=1S/C14H14N2O2/c1-8-4-5-9-10(6-8)15(2)11-7-12(14(17)18)16(3)13(9)11/h4-7H,1-3H3,(H,17,18). The predicted octanol–water partition coefficient (Wildman–Crippen LogP) is 2.68. The van der Waals surface area contributed by atoms with E-state index in [-0.39, 0.29) is 0 Å². The van der Waals surface area contributed by atoms with Crippen molar-refractivity contribution in [2.45, 2.75) is 6.92 Å². The number of aromatic carboxylic acids is 1. The monoisotopic (exact) mass is 242 g/mol. The Morgan fingerprint density at radius 2 is 1.83 bits per heavy atom. The fraction of sp³-hybridized carbons (Fsp3) is 0.214. The number of nitrogens with zero attached hydrogens (tertiary/aromatic N) is 2. The lowest BCUT2D eigenvalue weighted by molar-refractivity contribution is 0.0687. The van der Waals surface area contributed by atoms with Crippen molar-refractivity contribution >= 4 is 27.9 Å². The molecule has 0 aliphatic carbocycles. The van der Waals surface area contributed by atoms with Gasteiger partial charge in [-0.25, -0.2) is 4.79 Å². The summed E-state index contributed by atoms with van der Waals surface area (Å²) in [6, 6.07) is 7.95. The summed E-state index contributed by atoms with van der Waals surface area (Å²) < 4.78 is 3.79. The summed E-state index contributed by atoms with van der Waals surface area (Å²) in [5.74, 6) is -0.894. The van der Waals surface area contributed by atoms with Crippen LogP contribution in [0.5, 0.6) is 0 Å². The van der Waals surface area contributed by atoms with Crippen LogP contribution in [0.2, 0.25) is 0 Å². The van der Waals surface area contributed by atoms with E-state index in [4.69, 9.17) is 5.11 Å². The van der Waals surface area contributed by atoms with Gasteiger partial charge >= 0.3 is 5.97 Å². The van der Waals surface area contributed by atoms with E-state index in [2.05, 4.69) is 25.1 Å².